The van der Waals surface area contributed by atoms with E-state index in [1.54, 1.807) is 24.5 Å². The van der Waals surface area contributed by atoms with Crippen molar-refractivity contribution in [3.8, 4) is 22.6 Å². The Balaban J connectivity index is 1.99. The number of nitrogens with one attached hydrogen (secondary N) is 1. The van der Waals surface area contributed by atoms with Gasteiger partial charge < -0.3 is 9.72 Å². The van der Waals surface area contributed by atoms with Crippen molar-refractivity contribution in [1.29, 1.82) is 0 Å². The first-order valence-electron chi connectivity index (χ1n) is 8.78. The van der Waals surface area contributed by atoms with Crippen molar-refractivity contribution in [3.05, 3.63) is 48.2 Å². The van der Waals surface area contributed by atoms with Gasteiger partial charge in [-0.1, -0.05) is 12.1 Å². The summed E-state index contributed by atoms with van der Waals surface area (Å²) in [6.07, 6.45) is -1.89. The predicted molar refractivity (Wildman–Crippen MR) is 110 cm³/mol. The average molecular weight is 473 g/mol. The highest BCUT2D eigenvalue weighted by atomic mass is 32.2. The van der Waals surface area contributed by atoms with Crippen LogP contribution >= 0.6 is 11.8 Å². The van der Waals surface area contributed by atoms with Crippen molar-refractivity contribution in [3.63, 3.8) is 0 Å². The van der Waals surface area contributed by atoms with Gasteiger partial charge in [-0.2, -0.15) is 18.3 Å². The van der Waals surface area contributed by atoms with E-state index >= 15 is 0 Å². The van der Waals surface area contributed by atoms with Crippen LogP contribution in [0.5, 0.6) is 0 Å². The number of aromatic amines is 1. The zero-order valence-corrected chi connectivity index (χ0v) is 18.1. The molecular formula is C19H18F3N3O4S2. The molecule has 0 bridgehead atoms. The van der Waals surface area contributed by atoms with Gasteiger partial charge in [-0.3, -0.25) is 9.48 Å². The Morgan fingerprint density at radius 2 is 1.90 bits per heavy atom. The second kappa shape index (κ2) is 8.79. The third-order valence-electron chi connectivity index (χ3n) is 4.22. The minimum atomic E-state index is -4.69. The van der Waals surface area contributed by atoms with Crippen LogP contribution in [0.3, 0.4) is 0 Å². The van der Waals surface area contributed by atoms with Crippen LogP contribution < -0.4 is 0 Å². The van der Waals surface area contributed by atoms with Gasteiger partial charge in [-0.15, -0.1) is 11.8 Å². The summed E-state index contributed by atoms with van der Waals surface area (Å²) in [5.74, 6) is -0.648. The fourth-order valence-electron chi connectivity index (χ4n) is 2.79. The summed E-state index contributed by atoms with van der Waals surface area (Å²) < 4.78 is 69.0. The Labute approximate surface area is 180 Å². The number of alkyl halides is 3. The molecular weight excluding hydrogens is 455 g/mol. The van der Waals surface area contributed by atoms with Gasteiger partial charge in [0, 0.05) is 11.9 Å². The summed E-state index contributed by atoms with van der Waals surface area (Å²) in [4.78, 5) is 15.0. The Kier molecular flexibility index (Phi) is 6.51. The molecule has 12 heteroatoms. The second-order valence-corrected chi connectivity index (χ2v) is 9.41. The van der Waals surface area contributed by atoms with Gasteiger partial charge in [0.2, 0.25) is 0 Å². The number of esters is 1. The molecule has 0 unspecified atom stereocenters. The molecule has 31 heavy (non-hydrogen) atoms. The predicted octanol–water partition coefficient (Wildman–Crippen LogP) is 3.83. The molecule has 166 valence electrons. The number of benzene rings is 1. The van der Waals surface area contributed by atoms with E-state index in [1.165, 1.54) is 30.0 Å². The largest absolute Gasteiger partial charge is 0.453 e. The lowest BCUT2D eigenvalue weighted by Gasteiger charge is -2.07. The molecule has 1 aromatic carbocycles. The molecule has 0 saturated carbocycles. The summed E-state index contributed by atoms with van der Waals surface area (Å²) in [5, 5.41) is 3.52. The van der Waals surface area contributed by atoms with Crippen LogP contribution in [0, 0.1) is 0 Å². The zero-order valence-electron chi connectivity index (χ0n) is 16.4. The first-order valence-corrected chi connectivity index (χ1v) is 12.1. The second-order valence-electron chi connectivity index (χ2n) is 6.58. The molecule has 0 saturated heterocycles. The van der Waals surface area contributed by atoms with E-state index in [0.29, 0.717) is 11.3 Å². The quantitative estimate of drug-likeness (QED) is 0.414. The van der Waals surface area contributed by atoms with Crippen LogP contribution in [0.1, 0.15) is 5.69 Å². The van der Waals surface area contributed by atoms with E-state index in [0.717, 1.165) is 17.0 Å². The van der Waals surface area contributed by atoms with Crippen molar-refractivity contribution in [2.24, 2.45) is 0 Å². The number of hydrogen-bond acceptors (Lipinski definition) is 6. The lowest BCUT2D eigenvalue weighted by Crippen LogP contribution is -2.16. The van der Waals surface area contributed by atoms with Crippen molar-refractivity contribution < 1.29 is 31.1 Å². The molecule has 0 radical (unpaired) electrons. The highest BCUT2D eigenvalue weighted by Gasteiger charge is 2.35. The van der Waals surface area contributed by atoms with Gasteiger partial charge in [-0.05, 0) is 42.2 Å². The van der Waals surface area contributed by atoms with Gasteiger partial charge in [-0.25, -0.2) is 8.42 Å². The van der Waals surface area contributed by atoms with E-state index in [9.17, 15) is 26.4 Å². The standard InChI is InChI=1S/C19H18F3N3O4S2/c1-30-11-29-18(26)10-25-16(9-17(24-25)19(20,21)22)15-7-6-14(23-15)12-4-3-5-13(8-12)31(2,27)28/h3-9,23H,10-11H2,1-2H3. The molecule has 0 amide bonds. The monoisotopic (exact) mass is 473 g/mol. The molecule has 7 nitrogen and oxygen atoms in total. The number of thioether (sulfide) groups is 1. The van der Waals surface area contributed by atoms with Gasteiger partial charge in [0.1, 0.15) is 12.5 Å². The van der Waals surface area contributed by atoms with Crippen molar-refractivity contribution >= 4 is 27.6 Å². The molecule has 2 aromatic heterocycles. The number of sulfone groups is 1. The van der Waals surface area contributed by atoms with Crippen LogP contribution in [0.25, 0.3) is 22.6 Å². The van der Waals surface area contributed by atoms with Gasteiger partial charge >= 0.3 is 12.1 Å². The zero-order chi connectivity index (χ0) is 22.8. The van der Waals surface area contributed by atoms with Crippen LogP contribution in [-0.4, -0.2) is 47.6 Å². The van der Waals surface area contributed by atoms with Crippen molar-refractivity contribution in [2.45, 2.75) is 17.6 Å². The first-order chi connectivity index (χ1) is 14.5. The summed E-state index contributed by atoms with van der Waals surface area (Å²) in [7, 11) is -3.43. The molecule has 0 atom stereocenters. The van der Waals surface area contributed by atoms with Crippen LogP contribution in [0.4, 0.5) is 13.2 Å². The number of carbonyl (C=O) groups is 1. The SMILES string of the molecule is CSCOC(=O)Cn1nc(C(F)(F)F)cc1-c1ccc(-c2cccc(S(C)(=O)=O)c2)[nH]1. The number of nitrogens with zero attached hydrogens (tertiary/aromatic N) is 2. The molecule has 1 N–H and O–H groups in total. The number of H-pyrrole nitrogens is 1. The lowest BCUT2D eigenvalue weighted by molar-refractivity contribution is -0.144. The maximum absolute atomic E-state index is 13.2. The van der Waals surface area contributed by atoms with Crippen LogP contribution in [0.15, 0.2) is 47.4 Å². The smallest absolute Gasteiger partial charge is 0.435 e. The van der Waals surface area contributed by atoms with E-state index in [1.807, 2.05) is 0 Å². The molecule has 0 spiro atoms. The minimum Gasteiger partial charge on any atom is -0.453 e. The maximum atomic E-state index is 13.2. The van der Waals surface area contributed by atoms with Crippen molar-refractivity contribution in [2.75, 3.05) is 18.5 Å². The maximum Gasteiger partial charge on any atom is 0.435 e. The summed E-state index contributed by atoms with van der Waals surface area (Å²) in [6.45, 7) is -0.496. The third kappa shape index (κ3) is 5.50. The van der Waals surface area contributed by atoms with Crippen molar-refractivity contribution in [1.82, 2.24) is 14.8 Å². The number of rotatable bonds is 7. The minimum absolute atomic E-state index is 0.0407. The topological polar surface area (TPSA) is 94.1 Å². The average Bonchev–Trinajstić information content (AvgIpc) is 3.32. The van der Waals surface area contributed by atoms with E-state index in [2.05, 4.69) is 10.1 Å². The Morgan fingerprint density at radius 1 is 1.19 bits per heavy atom. The lowest BCUT2D eigenvalue weighted by atomic mass is 10.2. The van der Waals surface area contributed by atoms with E-state index < -0.39 is 34.2 Å². The molecule has 0 aliphatic heterocycles. The number of ether oxygens (including phenoxy) is 1. The van der Waals surface area contributed by atoms with Gasteiger partial charge in [0.25, 0.3) is 0 Å². The number of halogens is 3. The molecule has 0 aliphatic carbocycles. The Bertz CT molecular complexity index is 1200. The molecule has 3 rings (SSSR count). The summed E-state index contributed by atoms with van der Waals surface area (Å²) in [5.41, 5.74) is 0.206. The molecule has 2 heterocycles. The third-order valence-corrected chi connectivity index (χ3v) is 5.69. The fraction of sp³-hybridized carbons (Fsp3) is 0.263. The molecule has 3 aromatic rings. The highest BCUT2D eigenvalue weighted by Crippen LogP contribution is 2.33. The van der Waals surface area contributed by atoms with E-state index in [4.69, 9.17) is 4.74 Å². The number of aromatic nitrogens is 3. The van der Waals surface area contributed by atoms with Gasteiger partial charge in [0.15, 0.2) is 15.5 Å². The Hall–Kier alpha value is -2.73. The molecule has 0 aliphatic rings. The fourth-order valence-corrected chi connectivity index (χ4v) is 3.71. The number of carbonyl (C=O) groups excluding carboxylic acids is 1. The molecule has 0 fully saturated rings. The van der Waals surface area contributed by atoms with Gasteiger partial charge in [0.05, 0.1) is 16.3 Å². The Morgan fingerprint density at radius 3 is 2.55 bits per heavy atom. The first kappa shape index (κ1) is 22.9. The summed E-state index contributed by atoms with van der Waals surface area (Å²) in [6, 6.07) is 10.1. The normalized spacial score (nSPS) is 12.2. The van der Waals surface area contributed by atoms with Crippen LogP contribution in [0.2, 0.25) is 0 Å². The van der Waals surface area contributed by atoms with Crippen LogP contribution in [-0.2, 0) is 32.1 Å². The summed E-state index contributed by atoms with van der Waals surface area (Å²) >= 11 is 1.25. The van der Waals surface area contributed by atoms with E-state index in [-0.39, 0.29) is 22.2 Å². The highest BCUT2D eigenvalue weighted by molar-refractivity contribution is 7.98. The number of hydrogen-bond donors (Lipinski definition) is 1.